The van der Waals surface area contributed by atoms with Gasteiger partial charge in [-0.15, -0.1) is 0 Å². The van der Waals surface area contributed by atoms with Crippen molar-refractivity contribution in [3.63, 3.8) is 0 Å². The molecule has 0 unspecified atom stereocenters. The van der Waals surface area contributed by atoms with Crippen LogP contribution in [-0.2, 0) is 0 Å². The molecule has 0 amide bonds. The quantitative estimate of drug-likeness (QED) is 0.602. The van der Waals surface area contributed by atoms with Gasteiger partial charge in [0.2, 0.25) is 5.88 Å². The topological polar surface area (TPSA) is 44.6 Å². The Labute approximate surface area is 61.6 Å². The van der Waals surface area contributed by atoms with Crippen molar-refractivity contribution in [3.05, 3.63) is 10.4 Å². The zero-order valence-electron chi connectivity index (χ0n) is 4.98. The normalized spacial score (nSPS) is 19.1. The van der Waals surface area contributed by atoms with Crippen LogP contribution < -0.4 is 5.32 Å². The smallest absolute Gasteiger partial charge is 0.201 e. The van der Waals surface area contributed by atoms with E-state index in [1.807, 2.05) is 0 Å². The third kappa shape index (κ3) is 1.45. The minimum Gasteiger partial charge on any atom is -0.494 e. The summed E-state index contributed by atoms with van der Waals surface area (Å²) in [6.45, 7) is 2.33. The van der Waals surface area contributed by atoms with Crippen LogP contribution in [0.1, 0.15) is 6.92 Å². The van der Waals surface area contributed by atoms with Gasteiger partial charge < -0.3 is 10.4 Å². The lowest BCUT2D eigenvalue weighted by Gasteiger charge is -2.10. The average molecular weight is 191 g/mol. The fourth-order valence-electron chi connectivity index (χ4n) is 0.542. The Morgan fingerprint density at radius 3 is 2.89 bits per heavy atom. The predicted molar refractivity (Wildman–Crippen MR) is 39.7 cm³/mol. The molecule has 1 aliphatic rings. The fourth-order valence-corrected chi connectivity index (χ4v) is 0.766. The molecule has 0 aromatic carbocycles. The molecule has 3 nitrogen and oxygen atoms in total. The highest BCUT2D eigenvalue weighted by atomic mass is 79.9. The second-order valence-electron chi connectivity index (χ2n) is 1.78. The average Bonchev–Trinajstić information content (AvgIpc) is 1.80. The number of hydrogen-bond acceptors (Lipinski definition) is 3. The highest BCUT2D eigenvalue weighted by molar-refractivity contribution is 9.11. The van der Waals surface area contributed by atoms with Crippen LogP contribution in [0.15, 0.2) is 15.4 Å². The zero-order chi connectivity index (χ0) is 6.85. The first-order valence-electron chi connectivity index (χ1n) is 2.56. The van der Waals surface area contributed by atoms with Gasteiger partial charge in [0.1, 0.15) is 5.84 Å². The van der Waals surface area contributed by atoms with Gasteiger partial charge in [-0.2, -0.15) is 0 Å². The molecule has 2 N–H and O–H groups in total. The lowest BCUT2D eigenvalue weighted by atomic mass is 10.5. The summed E-state index contributed by atoms with van der Waals surface area (Å²) in [6, 6.07) is 0. The maximum Gasteiger partial charge on any atom is 0.201 e. The van der Waals surface area contributed by atoms with Crippen LogP contribution in [0.3, 0.4) is 0 Å². The molecule has 0 atom stereocenters. The molecule has 0 aromatic heterocycles. The van der Waals surface area contributed by atoms with Gasteiger partial charge in [-0.25, -0.2) is 0 Å². The lowest BCUT2D eigenvalue weighted by Crippen LogP contribution is -2.24. The second kappa shape index (κ2) is 2.39. The Balaban J connectivity index is 2.70. The van der Waals surface area contributed by atoms with E-state index in [0.29, 0.717) is 11.0 Å². The lowest BCUT2D eigenvalue weighted by molar-refractivity contribution is 0.382. The molecule has 9 heavy (non-hydrogen) atoms. The molecule has 1 heterocycles. The molecular formula is C5H7BrN2O. The summed E-state index contributed by atoms with van der Waals surface area (Å²) in [5.74, 6) is 0.915. The summed E-state index contributed by atoms with van der Waals surface area (Å²) in [5.41, 5.74) is 0. The molecule has 50 valence electrons. The molecule has 0 aromatic rings. The van der Waals surface area contributed by atoms with E-state index >= 15 is 0 Å². The first kappa shape index (κ1) is 6.61. The van der Waals surface area contributed by atoms with Crippen molar-refractivity contribution in [2.24, 2.45) is 4.99 Å². The van der Waals surface area contributed by atoms with E-state index < -0.39 is 0 Å². The number of halogens is 1. The molecule has 1 aliphatic heterocycles. The molecule has 4 heteroatoms. The summed E-state index contributed by atoms with van der Waals surface area (Å²) in [7, 11) is 0. The molecular weight excluding hydrogens is 184 g/mol. The van der Waals surface area contributed by atoms with Gasteiger partial charge in [-0.05, 0) is 22.9 Å². The maximum absolute atomic E-state index is 8.99. The number of aliphatic hydroxyl groups is 1. The van der Waals surface area contributed by atoms with Gasteiger partial charge in [0.15, 0.2) is 0 Å². The molecule has 0 fully saturated rings. The third-order valence-electron chi connectivity index (χ3n) is 1.01. The van der Waals surface area contributed by atoms with Crippen LogP contribution in [0, 0.1) is 0 Å². The van der Waals surface area contributed by atoms with E-state index in [1.54, 1.807) is 6.92 Å². The Bertz CT molecular complexity index is 185. The van der Waals surface area contributed by atoms with Gasteiger partial charge in [0, 0.05) is 0 Å². The van der Waals surface area contributed by atoms with Gasteiger partial charge in [0.25, 0.3) is 0 Å². The SMILES string of the molecule is CC1=NCC(Br)=C(O)N1. The fraction of sp³-hybridized carbons (Fsp3) is 0.400. The third-order valence-corrected chi connectivity index (χ3v) is 1.64. The second-order valence-corrected chi connectivity index (χ2v) is 2.74. The maximum atomic E-state index is 8.99. The van der Waals surface area contributed by atoms with Gasteiger partial charge >= 0.3 is 0 Å². The van der Waals surface area contributed by atoms with Crippen LogP contribution in [0.4, 0.5) is 0 Å². The molecule has 0 saturated heterocycles. The van der Waals surface area contributed by atoms with Gasteiger partial charge in [-0.1, -0.05) is 0 Å². The zero-order valence-corrected chi connectivity index (χ0v) is 6.57. The van der Waals surface area contributed by atoms with Crippen LogP contribution in [0.2, 0.25) is 0 Å². The number of hydrogen-bond donors (Lipinski definition) is 2. The number of amidine groups is 1. The monoisotopic (exact) mass is 190 g/mol. The van der Waals surface area contributed by atoms with Crippen LogP contribution >= 0.6 is 15.9 Å². The van der Waals surface area contributed by atoms with E-state index in [9.17, 15) is 0 Å². The molecule has 0 aliphatic carbocycles. The highest BCUT2D eigenvalue weighted by Crippen LogP contribution is 2.11. The number of nitrogens with one attached hydrogen (secondary N) is 1. The van der Waals surface area contributed by atoms with E-state index in [2.05, 4.69) is 26.2 Å². The summed E-state index contributed by atoms with van der Waals surface area (Å²) < 4.78 is 0.702. The standard InChI is InChI=1S/C5H7BrN2O/c1-3-7-2-4(6)5(9)8-3/h9H,2H2,1H3,(H,7,8). The Morgan fingerprint density at radius 2 is 2.44 bits per heavy atom. The van der Waals surface area contributed by atoms with Gasteiger partial charge in [-0.3, -0.25) is 4.99 Å². The van der Waals surface area contributed by atoms with Crippen LogP contribution in [0.5, 0.6) is 0 Å². The summed E-state index contributed by atoms with van der Waals surface area (Å²) >= 11 is 3.14. The predicted octanol–water partition coefficient (Wildman–Crippen LogP) is 1.13. The summed E-state index contributed by atoms with van der Waals surface area (Å²) in [5, 5.41) is 11.7. The van der Waals surface area contributed by atoms with Crippen LogP contribution in [0.25, 0.3) is 0 Å². The van der Waals surface area contributed by atoms with E-state index in [0.717, 1.165) is 5.84 Å². The van der Waals surface area contributed by atoms with Crippen molar-refractivity contribution < 1.29 is 5.11 Å². The largest absolute Gasteiger partial charge is 0.494 e. The van der Waals surface area contributed by atoms with E-state index in [-0.39, 0.29) is 5.88 Å². The summed E-state index contributed by atoms with van der Waals surface area (Å²) in [4.78, 5) is 4.00. The van der Waals surface area contributed by atoms with Crippen molar-refractivity contribution in [3.8, 4) is 0 Å². The molecule has 1 rings (SSSR count). The van der Waals surface area contributed by atoms with Crippen molar-refractivity contribution in [1.29, 1.82) is 0 Å². The van der Waals surface area contributed by atoms with E-state index in [1.165, 1.54) is 0 Å². The Kier molecular flexibility index (Phi) is 1.75. The van der Waals surface area contributed by atoms with Crippen molar-refractivity contribution in [2.75, 3.05) is 6.54 Å². The van der Waals surface area contributed by atoms with Crippen molar-refractivity contribution in [1.82, 2.24) is 5.32 Å². The van der Waals surface area contributed by atoms with Crippen LogP contribution in [-0.4, -0.2) is 17.5 Å². The first-order chi connectivity index (χ1) is 4.20. The first-order valence-corrected chi connectivity index (χ1v) is 3.35. The molecule has 0 spiro atoms. The number of aliphatic imine (C=N–C) groups is 1. The van der Waals surface area contributed by atoms with Crippen molar-refractivity contribution >= 4 is 21.8 Å². The highest BCUT2D eigenvalue weighted by Gasteiger charge is 2.06. The number of rotatable bonds is 0. The molecule has 0 radical (unpaired) electrons. The Hall–Kier alpha value is -0.510. The molecule has 0 bridgehead atoms. The Morgan fingerprint density at radius 1 is 1.78 bits per heavy atom. The van der Waals surface area contributed by atoms with Crippen molar-refractivity contribution in [2.45, 2.75) is 6.92 Å². The number of nitrogens with zero attached hydrogens (tertiary/aromatic N) is 1. The van der Waals surface area contributed by atoms with Gasteiger partial charge in [0.05, 0.1) is 11.0 Å². The minimum absolute atomic E-state index is 0.169. The molecule has 0 saturated carbocycles. The van der Waals surface area contributed by atoms with E-state index in [4.69, 9.17) is 5.11 Å². The minimum atomic E-state index is 0.169. The number of aliphatic hydroxyl groups excluding tert-OH is 1. The summed E-state index contributed by atoms with van der Waals surface area (Å²) in [6.07, 6.45) is 0.